The molecule has 1 aliphatic rings. The summed E-state index contributed by atoms with van der Waals surface area (Å²) in [6, 6.07) is 7.99. The van der Waals surface area contributed by atoms with Crippen molar-refractivity contribution in [1.82, 2.24) is 20.0 Å². The lowest BCUT2D eigenvalue weighted by molar-refractivity contribution is -0.122. The number of aryl methyl sites for hydroxylation is 2. The first kappa shape index (κ1) is 17.5. The molecule has 4 rings (SSSR count). The molecule has 1 aromatic carbocycles. The Hall–Kier alpha value is -2.96. The maximum absolute atomic E-state index is 12.9. The Morgan fingerprint density at radius 2 is 2.00 bits per heavy atom. The van der Waals surface area contributed by atoms with E-state index in [4.69, 9.17) is 4.52 Å². The van der Waals surface area contributed by atoms with Crippen molar-refractivity contribution in [2.75, 3.05) is 0 Å². The van der Waals surface area contributed by atoms with Crippen LogP contribution in [0.1, 0.15) is 37.7 Å². The number of hydrogen-bond donors (Lipinski definition) is 1. The molecular formula is C20H22N4O3. The molecule has 7 heteroatoms. The monoisotopic (exact) mass is 366 g/mol. The summed E-state index contributed by atoms with van der Waals surface area (Å²) in [4.78, 5) is 29.2. The summed E-state index contributed by atoms with van der Waals surface area (Å²) in [6.45, 7) is 2.27. The van der Waals surface area contributed by atoms with Crippen LogP contribution in [0.3, 0.4) is 0 Å². The molecule has 140 valence electrons. The number of hydrogen-bond acceptors (Lipinski definition) is 5. The molecule has 1 saturated carbocycles. The smallest absolute Gasteiger partial charge is 0.266 e. The molecule has 3 aromatic rings. The summed E-state index contributed by atoms with van der Waals surface area (Å²) in [5, 5.41) is 7.41. The summed E-state index contributed by atoms with van der Waals surface area (Å²) in [7, 11) is 0. The molecule has 1 amide bonds. The van der Waals surface area contributed by atoms with Crippen molar-refractivity contribution in [3.8, 4) is 11.3 Å². The van der Waals surface area contributed by atoms with Crippen LogP contribution in [-0.4, -0.2) is 26.7 Å². The van der Waals surface area contributed by atoms with Gasteiger partial charge in [-0.2, -0.15) is 0 Å². The first-order chi connectivity index (χ1) is 13.1. The predicted molar refractivity (Wildman–Crippen MR) is 101 cm³/mol. The van der Waals surface area contributed by atoms with Gasteiger partial charge in [0, 0.05) is 24.6 Å². The molecule has 7 nitrogen and oxygen atoms in total. The van der Waals surface area contributed by atoms with Gasteiger partial charge in [-0.25, -0.2) is 4.98 Å². The van der Waals surface area contributed by atoms with E-state index in [1.54, 1.807) is 0 Å². The SMILES string of the molecule is Cc1ccc(-c2noc3ncn(CCC(=O)NC4CCCC4)c(=O)c23)cc1. The topological polar surface area (TPSA) is 90.0 Å². The Morgan fingerprint density at radius 1 is 1.26 bits per heavy atom. The highest BCUT2D eigenvalue weighted by Gasteiger charge is 2.19. The van der Waals surface area contributed by atoms with E-state index in [1.807, 2.05) is 31.2 Å². The zero-order valence-corrected chi connectivity index (χ0v) is 15.3. The van der Waals surface area contributed by atoms with Crippen molar-refractivity contribution in [2.24, 2.45) is 0 Å². The fourth-order valence-corrected chi connectivity index (χ4v) is 3.54. The van der Waals surface area contributed by atoms with E-state index in [0.717, 1.165) is 24.0 Å². The predicted octanol–water partition coefficient (Wildman–Crippen LogP) is 2.81. The number of rotatable bonds is 5. The second-order valence-corrected chi connectivity index (χ2v) is 7.12. The molecule has 0 bridgehead atoms. The fraction of sp³-hybridized carbons (Fsp3) is 0.400. The molecule has 0 atom stereocenters. The van der Waals surface area contributed by atoms with Gasteiger partial charge in [-0.15, -0.1) is 0 Å². The molecular weight excluding hydrogens is 344 g/mol. The highest BCUT2D eigenvalue weighted by atomic mass is 16.5. The summed E-state index contributed by atoms with van der Waals surface area (Å²) in [5.41, 5.74) is 2.37. The molecule has 0 spiro atoms. The number of carbonyl (C=O) groups is 1. The average molecular weight is 366 g/mol. The maximum Gasteiger partial charge on any atom is 0.266 e. The molecule has 1 fully saturated rings. The number of aromatic nitrogens is 3. The van der Waals surface area contributed by atoms with Crippen LogP contribution in [0.2, 0.25) is 0 Å². The van der Waals surface area contributed by atoms with Crippen LogP contribution in [0.5, 0.6) is 0 Å². The van der Waals surface area contributed by atoms with Gasteiger partial charge < -0.3 is 9.84 Å². The van der Waals surface area contributed by atoms with Gasteiger partial charge in [0.2, 0.25) is 5.91 Å². The number of nitrogens with zero attached hydrogens (tertiary/aromatic N) is 3. The molecule has 0 aliphatic heterocycles. The van der Waals surface area contributed by atoms with E-state index < -0.39 is 0 Å². The zero-order chi connectivity index (χ0) is 18.8. The van der Waals surface area contributed by atoms with Crippen molar-refractivity contribution in [3.63, 3.8) is 0 Å². The lowest BCUT2D eigenvalue weighted by Crippen LogP contribution is -2.34. The van der Waals surface area contributed by atoms with E-state index in [9.17, 15) is 9.59 Å². The van der Waals surface area contributed by atoms with Gasteiger partial charge in [0.25, 0.3) is 11.3 Å². The summed E-state index contributed by atoms with van der Waals surface area (Å²) >= 11 is 0. The van der Waals surface area contributed by atoms with Gasteiger partial charge in [0.15, 0.2) is 0 Å². The van der Waals surface area contributed by atoms with Gasteiger partial charge in [0.05, 0.1) is 0 Å². The Bertz CT molecular complexity index is 1010. The molecule has 0 saturated heterocycles. The lowest BCUT2D eigenvalue weighted by Gasteiger charge is -2.12. The minimum Gasteiger partial charge on any atom is -0.353 e. The number of nitrogens with one attached hydrogen (secondary N) is 1. The van der Waals surface area contributed by atoms with E-state index in [2.05, 4.69) is 15.5 Å². The number of carbonyl (C=O) groups excluding carboxylic acids is 1. The van der Waals surface area contributed by atoms with Crippen molar-refractivity contribution in [3.05, 3.63) is 46.5 Å². The van der Waals surface area contributed by atoms with Crippen LogP contribution >= 0.6 is 0 Å². The molecule has 2 aromatic heterocycles. The van der Waals surface area contributed by atoms with Crippen molar-refractivity contribution in [2.45, 2.75) is 51.6 Å². The molecule has 27 heavy (non-hydrogen) atoms. The minimum absolute atomic E-state index is 0.0297. The standard InChI is InChI=1S/C20H22N4O3/c1-13-6-8-14(9-7-13)18-17-19(27-23-18)21-12-24(20(17)26)11-10-16(25)22-15-4-2-3-5-15/h6-9,12,15H,2-5,10-11H2,1H3,(H,22,25). The van der Waals surface area contributed by atoms with Gasteiger partial charge >= 0.3 is 0 Å². The quantitative estimate of drug-likeness (QED) is 0.750. The Balaban J connectivity index is 1.56. The minimum atomic E-state index is -0.245. The van der Waals surface area contributed by atoms with Crippen molar-refractivity contribution < 1.29 is 9.32 Å². The highest BCUT2D eigenvalue weighted by Crippen LogP contribution is 2.24. The molecule has 1 aliphatic carbocycles. The largest absolute Gasteiger partial charge is 0.353 e. The van der Waals surface area contributed by atoms with Gasteiger partial charge in [-0.05, 0) is 19.8 Å². The number of fused-ring (bicyclic) bond motifs is 1. The zero-order valence-electron chi connectivity index (χ0n) is 15.3. The van der Waals surface area contributed by atoms with E-state index in [-0.39, 0.29) is 36.2 Å². The van der Waals surface area contributed by atoms with Crippen molar-refractivity contribution in [1.29, 1.82) is 0 Å². The van der Waals surface area contributed by atoms with Gasteiger partial charge in [-0.1, -0.05) is 47.8 Å². The Kier molecular flexibility index (Phi) is 4.75. The average Bonchev–Trinajstić information content (AvgIpc) is 3.32. The third-order valence-corrected chi connectivity index (χ3v) is 5.09. The maximum atomic E-state index is 12.9. The number of benzene rings is 1. The fourth-order valence-electron chi connectivity index (χ4n) is 3.54. The molecule has 0 radical (unpaired) electrons. The molecule has 0 unspecified atom stereocenters. The van der Waals surface area contributed by atoms with Crippen LogP contribution < -0.4 is 10.9 Å². The summed E-state index contributed by atoms with van der Waals surface area (Å²) < 4.78 is 6.68. The van der Waals surface area contributed by atoms with E-state index >= 15 is 0 Å². The first-order valence-corrected chi connectivity index (χ1v) is 9.33. The van der Waals surface area contributed by atoms with Crippen LogP contribution in [0, 0.1) is 6.92 Å². The summed E-state index contributed by atoms with van der Waals surface area (Å²) in [5.74, 6) is -0.0297. The lowest BCUT2D eigenvalue weighted by atomic mass is 10.1. The normalized spacial score (nSPS) is 14.7. The van der Waals surface area contributed by atoms with Crippen LogP contribution in [0.15, 0.2) is 39.9 Å². The van der Waals surface area contributed by atoms with Gasteiger partial charge in [-0.3, -0.25) is 14.2 Å². The van der Waals surface area contributed by atoms with E-state index in [1.165, 1.54) is 23.7 Å². The van der Waals surface area contributed by atoms with E-state index in [0.29, 0.717) is 11.1 Å². The third kappa shape index (κ3) is 3.63. The van der Waals surface area contributed by atoms with Crippen molar-refractivity contribution >= 4 is 17.0 Å². The highest BCUT2D eigenvalue weighted by molar-refractivity contribution is 5.88. The van der Waals surface area contributed by atoms with Crippen LogP contribution in [-0.2, 0) is 11.3 Å². The number of amides is 1. The van der Waals surface area contributed by atoms with Gasteiger partial charge in [0.1, 0.15) is 17.4 Å². The Labute approximate surface area is 156 Å². The summed E-state index contributed by atoms with van der Waals surface area (Å²) in [6.07, 6.45) is 6.08. The second-order valence-electron chi connectivity index (χ2n) is 7.12. The Morgan fingerprint density at radius 3 is 2.74 bits per heavy atom. The van der Waals surface area contributed by atoms with Crippen LogP contribution in [0.25, 0.3) is 22.4 Å². The van der Waals surface area contributed by atoms with Crippen LogP contribution in [0.4, 0.5) is 0 Å². The second kappa shape index (κ2) is 7.34. The first-order valence-electron chi connectivity index (χ1n) is 9.33. The molecule has 1 N–H and O–H groups in total. The molecule has 2 heterocycles. The third-order valence-electron chi connectivity index (χ3n) is 5.09.